The standard InChI is InChI=1S/C37H42N6O5S/c1-23-14-15-30(47-34(40-23)37(6,20-25-11-8-7-9-12-25)41-35(45)48-36(3,4)5)26-17-27(31-42-38-22-46-31)19-28(18-26)33(44)43-16-10-13-29(43)32-39-24(2)21-49-32/h7-9,11-12,15,17-19,21-23,29H,10,13-14,16,20H2,1-6H3,(H,41,45). The first kappa shape index (κ1) is 34.0. The molecule has 0 radical (unpaired) electrons. The van der Waals surface area contributed by atoms with Crippen LogP contribution >= 0.6 is 11.3 Å². The van der Waals surface area contributed by atoms with E-state index in [0.717, 1.165) is 29.1 Å². The number of nitrogens with one attached hydrogen (secondary N) is 1. The number of alkyl carbamates (subject to hydrolysis) is 1. The number of amides is 2. The Morgan fingerprint density at radius 2 is 1.88 bits per heavy atom. The van der Waals surface area contributed by atoms with Crippen molar-refractivity contribution in [2.45, 2.75) is 90.4 Å². The second kappa shape index (κ2) is 13.9. The van der Waals surface area contributed by atoms with Crippen LogP contribution in [0.25, 0.3) is 17.2 Å². The molecule has 3 unspecified atom stereocenters. The van der Waals surface area contributed by atoms with E-state index < -0.39 is 17.2 Å². The van der Waals surface area contributed by atoms with E-state index >= 15 is 0 Å². The highest BCUT2D eigenvalue weighted by molar-refractivity contribution is 7.09. The minimum atomic E-state index is -1.08. The zero-order valence-electron chi connectivity index (χ0n) is 28.7. The molecule has 11 nitrogen and oxygen atoms in total. The van der Waals surface area contributed by atoms with E-state index in [4.69, 9.17) is 23.9 Å². The summed E-state index contributed by atoms with van der Waals surface area (Å²) < 4.78 is 18.0. The second-order valence-corrected chi connectivity index (χ2v) is 14.7. The molecular weight excluding hydrogens is 641 g/mol. The molecule has 4 aromatic rings. The topological polar surface area (TPSA) is 132 Å². The molecule has 3 atom stereocenters. The molecule has 12 heteroatoms. The number of rotatable bonds is 8. The van der Waals surface area contributed by atoms with Crippen LogP contribution in [0.2, 0.25) is 0 Å². The molecule has 1 fully saturated rings. The van der Waals surface area contributed by atoms with Crippen molar-refractivity contribution in [1.82, 2.24) is 25.4 Å². The Kier molecular flexibility index (Phi) is 9.69. The van der Waals surface area contributed by atoms with Gasteiger partial charge in [0.15, 0.2) is 0 Å². The number of aliphatic imine (C=N–C) groups is 1. The lowest BCUT2D eigenvalue weighted by atomic mass is 9.92. The fourth-order valence-corrected chi connectivity index (χ4v) is 7.06. The van der Waals surface area contributed by atoms with Gasteiger partial charge in [-0.05, 0) is 90.6 Å². The molecule has 1 N–H and O–H groups in total. The third kappa shape index (κ3) is 8.07. The molecule has 0 saturated carbocycles. The number of hydrogen-bond donors (Lipinski definition) is 1. The van der Waals surface area contributed by atoms with E-state index in [2.05, 4.69) is 15.5 Å². The minimum absolute atomic E-state index is 0.0905. The molecule has 49 heavy (non-hydrogen) atoms. The molecule has 2 aliphatic rings. The molecule has 2 aromatic heterocycles. The third-order valence-corrected chi connectivity index (χ3v) is 9.41. The van der Waals surface area contributed by atoms with Crippen LogP contribution in [0.1, 0.15) is 92.1 Å². The normalized spacial score (nSPS) is 19.3. The highest BCUT2D eigenvalue weighted by Crippen LogP contribution is 2.36. The number of hydrogen-bond acceptors (Lipinski definition) is 10. The summed E-state index contributed by atoms with van der Waals surface area (Å²) in [6.07, 6.45) is 5.35. The molecule has 2 aliphatic heterocycles. The summed E-state index contributed by atoms with van der Waals surface area (Å²) in [4.78, 5) is 39.1. The predicted molar refractivity (Wildman–Crippen MR) is 188 cm³/mol. The fraction of sp³-hybridized carbons (Fsp3) is 0.405. The number of benzene rings is 2. The van der Waals surface area contributed by atoms with E-state index in [9.17, 15) is 9.59 Å². The van der Waals surface area contributed by atoms with E-state index in [1.165, 1.54) is 6.39 Å². The van der Waals surface area contributed by atoms with Crippen molar-refractivity contribution in [2.24, 2.45) is 4.99 Å². The zero-order valence-corrected chi connectivity index (χ0v) is 29.5. The van der Waals surface area contributed by atoms with Crippen molar-refractivity contribution in [1.29, 1.82) is 0 Å². The molecule has 0 aliphatic carbocycles. The number of likely N-dealkylation sites (tertiary alicyclic amines) is 1. The number of carbonyl (C=O) groups excluding carboxylic acids is 2. The molecule has 0 bridgehead atoms. The Balaban J connectivity index is 1.37. The third-order valence-electron chi connectivity index (χ3n) is 8.34. The van der Waals surface area contributed by atoms with Crippen LogP contribution in [0.4, 0.5) is 4.79 Å². The Bertz CT molecular complexity index is 1860. The van der Waals surface area contributed by atoms with Gasteiger partial charge in [-0.25, -0.2) is 14.8 Å². The molecule has 256 valence electrons. The van der Waals surface area contributed by atoms with Gasteiger partial charge in [0.05, 0.1) is 12.1 Å². The molecule has 0 spiro atoms. The lowest BCUT2D eigenvalue weighted by molar-refractivity contribution is 0.0484. The first-order valence-electron chi connectivity index (χ1n) is 16.5. The smallest absolute Gasteiger partial charge is 0.408 e. The highest BCUT2D eigenvalue weighted by atomic mass is 32.1. The lowest BCUT2D eigenvalue weighted by Crippen LogP contribution is -2.55. The van der Waals surface area contributed by atoms with Crippen LogP contribution in [0.15, 0.2) is 75.8 Å². The first-order valence-corrected chi connectivity index (χ1v) is 17.4. The number of aromatic nitrogens is 3. The minimum Gasteiger partial charge on any atom is -0.444 e. The van der Waals surface area contributed by atoms with Gasteiger partial charge in [-0.1, -0.05) is 30.3 Å². The monoisotopic (exact) mass is 682 g/mol. The van der Waals surface area contributed by atoms with Gasteiger partial charge < -0.3 is 24.1 Å². The van der Waals surface area contributed by atoms with Gasteiger partial charge in [-0.2, -0.15) is 0 Å². The van der Waals surface area contributed by atoms with E-state index in [1.807, 2.05) is 100 Å². The maximum atomic E-state index is 14.3. The van der Waals surface area contributed by atoms with E-state index in [-0.39, 0.29) is 23.9 Å². The van der Waals surface area contributed by atoms with Crippen molar-refractivity contribution in [2.75, 3.05) is 6.54 Å². The van der Waals surface area contributed by atoms with Crippen molar-refractivity contribution >= 4 is 35.0 Å². The highest BCUT2D eigenvalue weighted by Gasteiger charge is 2.39. The van der Waals surface area contributed by atoms with Gasteiger partial charge in [-0.3, -0.25) is 4.79 Å². The van der Waals surface area contributed by atoms with Gasteiger partial charge in [0, 0.05) is 40.7 Å². The largest absolute Gasteiger partial charge is 0.444 e. The Labute approximate surface area is 290 Å². The van der Waals surface area contributed by atoms with E-state index in [0.29, 0.717) is 47.7 Å². The SMILES string of the molecule is Cc1csc(C2CCCN2C(=O)c2cc(C3=CCC(C)N=C(C(C)(Cc4ccccc4)NC(=O)OC(C)(C)C)O3)cc(-c3nnco3)c2)n1. The number of carbonyl (C=O) groups is 2. The predicted octanol–water partition coefficient (Wildman–Crippen LogP) is 7.55. The number of aryl methyl sites for hydroxylation is 1. The zero-order chi connectivity index (χ0) is 34.8. The maximum Gasteiger partial charge on any atom is 0.408 e. The van der Waals surface area contributed by atoms with Crippen molar-refractivity contribution in [3.63, 3.8) is 0 Å². The van der Waals surface area contributed by atoms with Crippen LogP contribution in [0, 0.1) is 6.92 Å². The summed E-state index contributed by atoms with van der Waals surface area (Å²) in [5, 5.41) is 14.0. The molecular formula is C37H42N6O5S. The summed E-state index contributed by atoms with van der Waals surface area (Å²) in [6, 6.07) is 15.1. The summed E-state index contributed by atoms with van der Waals surface area (Å²) in [6.45, 7) is 11.9. The second-order valence-electron chi connectivity index (χ2n) is 13.8. The van der Waals surface area contributed by atoms with Gasteiger partial charge in [0.1, 0.15) is 21.9 Å². The van der Waals surface area contributed by atoms with Crippen LogP contribution < -0.4 is 5.32 Å². The van der Waals surface area contributed by atoms with Gasteiger partial charge in [0.25, 0.3) is 5.91 Å². The molecule has 2 amide bonds. The Morgan fingerprint density at radius 1 is 1.10 bits per heavy atom. The van der Waals surface area contributed by atoms with Gasteiger partial charge in [-0.15, -0.1) is 21.5 Å². The lowest BCUT2D eigenvalue weighted by Gasteiger charge is -2.33. The number of nitrogens with zero attached hydrogens (tertiary/aromatic N) is 5. The molecule has 6 rings (SSSR count). The number of thiazole rings is 1. The van der Waals surface area contributed by atoms with Crippen LogP contribution in [-0.2, 0) is 15.9 Å². The fourth-order valence-electron chi connectivity index (χ4n) is 6.11. The van der Waals surface area contributed by atoms with Crippen LogP contribution in [0.5, 0.6) is 0 Å². The quantitative estimate of drug-likeness (QED) is 0.202. The Hall–Kier alpha value is -4.84. The van der Waals surface area contributed by atoms with Crippen LogP contribution in [0.3, 0.4) is 0 Å². The van der Waals surface area contributed by atoms with Crippen molar-refractivity contribution < 1.29 is 23.5 Å². The molecule has 4 heterocycles. The average molecular weight is 683 g/mol. The van der Waals surface area contributed by atoms with E-state index in [1.54, 1.807) is 17.4 Å². The number of ether oxygens (including phenoxy) is 2. The molecule has 1 saturated heterocycles. The summed E-state index contributed by atoms with van der Waals surface area (Å²) in [5.74, 6) is 0.988. The summed E-state index contributed by atoms with van der Waals surface area (Å²) in [5.41, 5.74) is 1.83. The first-order chi connectivity index (χ1) is 23.4. The molecule has 2 aromatic carbocycles. The maximum absolute atomic E-state index is 14.3. The van der Waals surface area contributed by atoms with Crippen LogP contribution in [-0.4, -0.2) is 61.7 Å². The van der Waals surface area contributed by atoms with Crippen molar-refractivity contribution in [3.05, 3.63) is 93.8 Å². The summed E-state index contributed by atoms with van der Waals surface area (Å²) in [7, 11) is 0. The Morgan fingerprint density at radius 3 is 2.57 bits per heavy atom. The average Bonchev–Trinajstić information content (AvgIpc) is 3.82. The summed E-state index contributed by atoms with van der Waals surface area (Å²) >= 11 is 1.58. The van der Waals surface area contributed by atoms with Gasteiger partial charge >= 0.3 is 6.09 Å². The van der Waals surface area contributed by atoms with Crippen molar-refractivity contribution in [3.8, 4) is 11.5 Å². The van der Waals surface area contributed by atoms with Gasteiger partial charge in [0.2, 0.25) is 18.2 Å².